The van der Waals surface area contributed by atoms with E-state index < -0.39 is 0 Å². The average molecular weight is 366 g/mol. The third-order valence-electron chi connectivity index (χ3n) is 5.18. The van der Waals surface area contributed by atoms with Crippen LogP contribution in [-0.2, 0) is 9.53 Å². The van der Waals surface area contributed by atoms with Crippen molar-refractivity contribution in [3.05, 3.63) is 42.0 Å². The Bertz CT molecular complexity index is 902. The molecule has 1 saturated heterocycles. The molecule has 2 aromatic rings. The van der Waals surface area contributed by atoms with Crippen LogP contribution in [0, 0.1) is 5.92 Å². The lowest BCUT2D eigenvalue weighted by Gasteiger charge is -2.41. The van der Waals surface area contributed by atoms with E-state index >= 15 is 0 Å². The van der Waals surface area contributed by atoms with Crippen LogP contribution in [0.2, 0.25) is 0 Å². The molecule has 0 radical (unpaired) electrons. The highest BCUT2D eigenvalue weighted by Crippen LogP contribution is 2.33. The first-order chi connectivity index (χ1) is 12.8. The normalized spacial score (nSPS) is 21.9. The van der Waals surface area contributed by atoms with Crippen molar-refractivity contribution in [2.45, 2.75) is 45.3 Å². The van der Waals surface area contributed by atoms with Crippen LogP contribution in [0.15, 0.2) is 36.4 Å². The molecule has 1 atom stereocenters. The van der Waals surface area contributed by atoms with E-state index in [0.717, 1.165) is 23.6 Å². The number of nitrogens with zero attached hydrogens (tertiary/aromatic N) is 1. The Kier molecular flexibility index (Phi) is 4.42. The van der Waals surface area contributed by atoms with E-state index in [1.54, 1.807) is 0 Å². The summed E-state index contributed by atoms with van der Waals surface area (Å²) in [4.78, 5) is 27.6. The van der Waals surface area contributed by atoms with Crippen molar-refractivity contribution >= 4 is 28.3 Å². The molecule has 0 bridgehead atoms. The summed E-state index contributed by atoms with van der Waals surface area (Å²) in [5.74, 6) is 0.0341. The molecule has 5 heteroatoms. The smallest absolute Gasteiger partial charge is 0.256 e. The minimum atomic E-state index is -0.387. The number of hydrogen-bond donors (Lipinski definition) is 1. The predicted molar refractivity (Wildman–Crippen MR) is 106 cm³/mol. The summed E-state index contributed by atoms with van der Waals surface area (Å²) in [7, 11) is 0. The third-order valence-corrected chi connectivity index (χ3v) is 5.18. The molecule has 0 aromatic heterocycles. The summed E-state index contributed by atoms with van der Waals surface area (Å²) in [6.45, 7) is 7.06. The molecule has 5 nitrogen and oxygen atoms in total. The van der Waals surface area contributed by atoms with Crippen LogP contribution in [0.5, 0.6) is 0 Å². The summed E-state index contributed by atoms with van der Waals surface area (Å²) in [6, 6.07) is 11.7. The van der Waals surface area contributed by atoms with Crippen molar-refractivity contribution in [2.75, 3.05) is 18.4 Å². The van der Waals surface area contributed by atoms with Gasteiger partial charge >= 0.3 is 0 Å². The molecule has 1 N–H and O–H groups in total. The van der Waals surface area contributed by atoms with Gasteiger partial charge in [0.25, 0.3) is 5.91 Å². The van der Waals surface area contributed by atoms with Gasteiger partial charge in [0.15, 0.2) is 0 Å². The maximum atomic E-state index is 13.4. The predicted octanol–water partition coefficient (Wildman–Crippen LogP) is 3.83. The minimum absolute atomic E-state index is 0.00927. The van der Waals surface area contributed by atoms with E-state index in [9.17, 15) is 9.59 Å². The lowest BCUT2D eigenvalue weighted by Crippen LogP contribution is -2.53. The molecule has 1 aliphatic carbocycles. The number of morpholine rings is 1. The number of rotatable bonds is 3. The molecule has 1 aliphatic heterocycles. The number of amides is 2. The first-order valence-electron chi connectivity index (χ1n) is 9.63. The lowest BCUT2D eigenvalue weighted by atomic mass is 10.0. The van der Waals surface area contributed by atoms with Gasteiger partial charge in [-0.15, -0.1) is 0 Å². The number of benzene rings is 2. The van der Waals surface area contributed by atoms with Crippen molar-refractivity contribution in [3.8, 4) is 0 Å². The van der Waals surface area contributed by atoms with Gasteiger partial charge in [0.1, 0.15) is 0 Å². The molecule has 142 valence electrons. The van der Waals surface area contributed by atoms with Crippen LogP contribution < -0.4 is 5.32 Å². The third kappa shape index (κ3) is 3.83. The first kappa shape index (κ1) is 18.0. The molecule has 0 spiro atoms. The summed E-state index contributed by atoms with van der Waals surface area (Å²) >= 11 is 0. The van der Waals surface area contributed by atoms with Crippen molar-refractivity contribution in [1.29, 1.82) is 0 Å². The Morgan fingerprint density at radius 2 is 1.81 bits per heavy atom. The van der Waals surface area contributed by atoms with Gasteiger partial charge in [-0.3, -0.25) is 9.59 Å². The van der Waals surface area contributed by atoms with E-state index in [2.05, 4.69) is 5.32 Å². The Labute approximate surface area is 159 Å². The zero-order valence-electron chi connectivity index (χ0n) is 16.1. The summed E-state index contributed by atoms with van der Waals surface area (Å²) in [5.41, 5.74) is 0.766. The van der Waals surface area contributed by atoms with Crippen LogP contribution in [0.1, 0.15) is 44.0 Å². The number of hydrogen-bond acceptors (Lipinski definition) is 3. The second kappa shape index (κ2) is 6.64. The molecule has 4 rings (SSSR count). The van der Waals surface area contributed by atoms with Crippen molar-refractivity contribution in [3.63, 3.8) is 0 Å². The quantitative estimate of drug-likeness (QED) is 0.898. The second-order valence-corrected chi connectivity index (χ2v) is 8.38. The average Bonchev–Trinajstić information content (AvgIpc) is 3.44. The number of fused-ring (bicyclic) bond motifs is 1. The van der Waals surface area contributed by atoms with Gasteiger partial charge in [0, 0.05) is 19.0 Å². The van der Waals surface area contributed by atoms with Gasteiger partial charge in [-0.2, -0.15) is 0 Å². The van der Waals surface area contributed by atoms with Gasteiger partial charge in [-0.25, -0.2) is 0 Å². The van der Waals surface area contributed by atoms with Gasteiger partial charge in [0.05, 0.1) is 23.0 Å². The van der Waals surface area contributed by atoms with Gasteiger partial charge in [-0.05, 0) is 56.5 Å². The van der Waals surface area contributed by atoms with E-state index in [4.69, 9.17) is 4.74 Å². The van der Waals surface area contributed by atoms with E-state index in [1.807, 2.05) is 62.1 Å². The topological polar surface area (TPSA) is 58.6 Å². The Morgan fingerprint density at radius 1 is 1.15 bits per heavy atom. The van der Waals surface area contributed by atoms with Crippen molar-refractivity contribution in [1.82, 2.24) is 4.90 Å². The Morgan fingerprint density at radius 3 is 2.44 bits per heavy atom. The summed E-state index contributed by atoms with van der Waals surface area (Å²) in [6.07, 6.45) is 1.83. The number of carbonyl (C=O) groups is 2. The molecule has 1 heterocycles. The van der Waals surface area contributed by atoms with Crippen LogP contribution in [0.4, 0.5) is 5.69 Å². The summed E-state index contributed by atoms with van der Waals surface area (Å²) in [5, 5.41) is 5.00. The fourth-order valence-corrected chi connectivity index (χ4v) is 3.88. The molecule has 2 aliphatic rings. The van der Waals surface area contributed by atoms with Gasteiger partial charge in [0.2, 0.25) is 5.91 Å². The van der Waals surface area contributed by atoms with Gasteiger partial charge < -0.3 is 15.0 Å². The molecule has 0 unspecified atom stereocenters. The summed E-state index contributed by atoms with van der Waals surface area (Å²) < 4.78 is 5.93. The molecule has 27 heavy (non-hydrogen) atoms. The number of carbonyl (C=O) groups excluding carboxylic acids is 2. The highest BCUT2D eigenvalue weighted by atomic mass is 16.5. The lowest BCUT2D eigenvalue weighted by molar-refractivity contribution is -0.119. The van der Waals surface area contributed by atoms with Crippen LogP contribution in [-0.4, -0.2) is 41.5 Å². The number of nitrogens with one attached hydrogen (secondary N) is 1. The number of anilines is 1. The number of ether oxygens (including phenoxy) is 1. The zero-order chi connectivity index (χ0) is 19.2. The Hall–Kier alpha value is -2.40. The van der Waals surface area contributed by atoms with Crippen LogP contribution in [0.25, 0.3) is 10.8 Å². The molecule has 2 fully saturated rings. The minimum Gasteiger partial charge on any atom is -0.369 e. The molecular formula is C22H26N2O3. The van der Waals surface area contributed by atoms with E-state index in [-0.39, 0.29) is 29.4 Å². The monoisotopic (exact) mass is 366 g/mol. The second-order valence-electron chi connectivity index (χ2n) is 8.38. The molecular weight excluding hydrogens is 340 g/mol. The highest BCUT2D eigenvalue weighted by Gasteiger charge is 2.35. The zero-order valence-corrected chi connectivity index (χ0v) is 16.1. The maximum Gasteiger partial charge on any atom is 0.256 e. The SMILES string of the molecule is C[C@@H]1CN(C(=O)c2cc3ccccc3cc2NC(=O)C2CC2)CC(C)(C)O1. The molecule has 1 saturated carbocycles. The highest BCUT2D eigenvalue weighted by molar-refractivity contribution is 6.08. The maximum absolute atomic E-state index is 13.4. The van der Waals surface area contributed by atoms with Crippen molar-refractivity contribution in [2.24, 2.45) is 5.92 Å². The van der Waals surface area contributed by atoms with E-state index in [1.165, 1.54) is 0 Å². The van der Waals surface area contributed by atoms with Crippen LogP contribution >= 0.6 is 0 Å². The molecule has 2 aromatic carbocycles. The Balaban J connectivity index is 1.71. The first-order valence-corrected chi connectivity index (χ1v) is 9.63. The molecule has 2 amide bonds. The van der Waals surface area contributed by atoms with Gasteiger partial charge in [-0.1, -0.05) is 24.3 Å². The fourth-order valence-electron chi connectivity index (χ4n) is 3.88. The van der Waals surface area contributed by atoms with E-state index in [0.29, 0.717) is 24.3 Å². The largest absolute Gasteiger partial charge is 0.369 e. The fraction of sp³-hybridized carbons (Fsp3) is 0.455. The van der Waals surface area contributed by atoms with Crippen molar-refractivity contribution < 1.29 is 14.3 Å². The van der Waals surface area contributed by atoms with Crippen LogP contribution in [0.3, 0.4) is 0 Å². The standard InChI is InChI=1S/C22H26N2O3/c1-14-12-24(13-22(2,3)27-14)21(26)18-10-16-6-4-5-7-17(16)11-19(18)23-20(25)15-8-9-15/h4-7,10-11,14-15H,8-9,12-13H2,1-3H3,(H,23,25)/t14-/m1/s1.